The van der Waals surface area contributed by atoms with E-state index in [9.17, 15) is 9.59 Å². The number of H-pyrrole nitrogens is 1. The number of carbonyl (C=O) groups excluding carboxylic acids is 1. The van der Waals surface area contributed by atoms with Crippen molar-refractivity contribution < 1.29 is 14.7 Å². The van der Waals surface area contributed by atoms with E-state index in [2.05, 4.69) is 20.5 Å². The molecule has 110 valence electrons. The van der Waals surface area contributed by atoms with Crippen LogP contribution < -0.4 is 5.32 Å². The number of urea groups is 1. The lowest BCUT2D eigenvalue weighted by atomic mass is 10.2. The van der Waals surface area contributed by atoms with Gasteiger partial charge in [0.05, 0.1) is 6.04 Å². The number of aliphatic carboxylic acids is 1. The van der Waals surface area contributed by atoms with Crippen molar-refractivity contribution in [2.75, 3.05) is 6.54 Å². The number of carboxylic acids is 1. The largest absolute Gasteiger partial charge is 0.480 e. The molecule has 0 saturated heterocycles. The average molecular weight is 281 g/mol. The number of rotatable bonds is 5. The number of hydrogen-bond acceptors (Lipinski definition) is 4. The number of carboxylic acid groups (broad SMARTS) is 1. The summed E-state index contributed by atoms with van der Waals surface area (Å²) in [6.45, 7) is 1.49. The number of nitrogens with zero attached hydrogens (tertiary/aromatic N) is 3. The minimum atomic E-state index is -1.00. The molecule has 0 aromatic carbocycles. The molecule has 1 fully saturated rings. The molecule has 0 spiro atoms. The highest BCUT2D eigenvalue weighted by Crippen LogP contribution is 2.23. The maximum atomic E-state index is 12.3. The van der Waals surface area contributed by atoms with Crippen LogP contribution in [0, 0.1) is 0 Å². The van der Waals surface area contributed by atoms with Crippen molar-refractivity contribution in [2.45, 2.75) is 44.7 Å². The fourth-order valence-electron chi connectivity index (χ4n) is 2.49. The first-order chi connectivity index (χ1) is 9.58. The fraction of sp³-hybridized carbons (Fsp3) is 0.667. The maximum absolute atomic E-state index is 12.3. The van der Waals surface area contributed by atoms with E-state index >= 15 is 0 Å². The molecular formula is C12H19N5O3. The Bertz CT molecular complexity index is 456. The van der Waals surface area contributed by atoms with Gasteiger partial charge in [0.25, 0.3) is 0 Å². The van der Waals surface area contributed by atoms with E-state index < -0.39 is 5.97 Å². The van der Waals surface area contributed by atoms with E-state index in [4.69, 9.17) is 5.11 Å². The summed E-state index contributed by atoms with van der Waals surface area (Å²) >= 11 is 0. The summed E-state index contributed by atoms with van der Waals surface area (Å²) in [7, 11) is 0. The lowest BCUT2D eigenvalue weighted by molar-refractivity contribution is -0.138. The predicted octanol–water partition coefficient (Wildman–Crippen LogP) is 0.904. The summed E-state index contributed by atoms with van der Waals surface area (Å²) in [5.41, 5.74) is 0. The highest BCUT2D eigenvalue weighted by molar-refractivity contribution is 5.80. The van der Waals surface area contributed by atoms with E-state index in [0.29, 0.717) is 5.82 Å². The molecule has 3 N–H and O–H groups in total. The number of amides is 2. The summed E-state index contributed by atoms with van der Waals surface area (Å²) in [5, 5.41) is 18.1. The van der Waals surface area contributed by atoms with Crippen LogP contribution in [0.3, 0.4) is 0 Å². The molecule has 1 saturated carbocycles. The minimum absolute atomic E-state index is 0.00743. The van der Waals surface area contributed by atoms with Crippen LogP contribution in [0.25, 0.3) is 0 Å². The van der Waals surface area contributed by atoms with Crippen LogP contribution in [-0.4, -0.2) is 49.8 Å². The van der Waals surface area contributed by atoms with Crippen molar-refractivity contribution in [2.24, 2.45) is 0 Å². The Kier molecular flexibility index (Phi) is 4.54. The number of nitrogens with one attached hydrogen (secondary N) is 2. The van der Waals surface area contributed by atoms with Crippen molar-refractivity contribution in [3.63, 3.8) is 0 Å². The lowest BCUT2D eigenvalue weighted by Gasteiger charge is -2.28. The van der Waals surface area contributed by atoms with E-state index in [1.54, 1.807) is 6.92 Å². The third kappa shape index (κ3) is 3.46. The zero-order chi connectivity index (χ0) is 14.5. The van der Waals surface area contributed by atoms with Crippen LogP contribution in [0.2, 0.25) is 0 Å². The zero-order valence-electron chi connectivity index (χ0n) is 11.4. The first kappa shape index (κ1) is 14.3. The Hall–Kier alpha value is -2.12. The van der Waals surface area contributed by atoms with Gasteiger partial charge in [0.15, 0.2) is 0 Å². The maximum Gasteiger partial charge on any atom is 0.323 e. The van der Waals surface area contributed by atoms with Gasteiger partial charge in [-0.3, -0.25) is 9.89 Å². The lowest BCUT2D eigenvalue weighted by Crippen LogP contribution is -2.48. The van der Waals surface area contributed by atoms with Crippen molar-refractivity contribution >= 4 is 12.0 Å². The Morgan fingerprint density at radius 3 is 2.80 bits per heavy atom. The molecule has 1 aromatic heterocycles. The highest BCUT2D eigenvalue weighted by Gasteiger charge is 2.29. The fourth-order valence-corrected chi connectivity index (χ4v) is 2.49. The molecule has 1 aliphatic rings. The number of aromatic amines is 1. The van der Waals surface area contributed by atoms with Crippen LogP contribution in [0.15, 0.2) is 6.33 Å². The summed E-state index contributed by atoms with van der Waals surface area (Å²) < 4.78 is 0. The third-order valence-corrected chi connectivity index (χ3v) is 3.52. The summed E-state index contributed by atoms with van der Waals surface area (Å²) in [6.07, 6.45) is 5.15. The average Bonchev–Trinajstić information content (AvgIpc) is 3.08. The van der Waals surface area contributed by atoms with Crippen molar-refractivity contribution in [3.8, 4) is 0 Å². The smallest absolute Gasteiger partial charge is 0.323 e. The number of carbonyl (C=O) groups is 2. The van der Waals surface area contributed by atoms with Gasteiger partial charge in [-0.15, -0.1) is 0 Å². The molecule has 1 unspecified atom stereocenters. The normalized spacial score (nSPS) is 16.9. The standard InChI is InChI=1S/C12H19N5O3/c1-8(11-13-7-14-16-11)15-12(20)17(6-10(18)19)9-4-2-3-5-9/h7-9H,2-6H2,1H3,(H,15,20)(H,18,19)(H,13,14,16). The second-order valence-corrected chi connectivity index (χ2v) is 5.00. The first-order valence-corrected chi connectivity index (χ1v) is 6.72. The Morgan fingerprint density at radius 2 is 2.25 bits per heavy atom. The second kappa shape index (κ2) is 6.36. The summed E-state index contributed by atoms with van der Waals surface area (Å²) in [5.74, 6) is -0.459. The molecule has 1 atom stereocenters. The van der Waals surface area contributed by atoms with Crippen LogP contribution in [0.4, 0.5) is 4.79 Å². The Labute approximate surface area is 116 Å². The van der Waals surface area contributed by atoms with Gasteiger partial charge >= 0.3 is 12.0 Å². The highest BCUT2D eigenvalue weighted by atomic mass is 16.4. The molecule has 0 bridgehead atoms. The predicted molar refractivity (Wildman–Crippen MR) is 69.9 cm³/mol. The Balaban J connectivity index is 2.00. The number of aromatic nitrogens is 3. The van der Waals surface area contributed by atoms with Gasteiger partial charge < -0.3 is 15.3 Å². The van der Waals surface area contributed by atoms with Crippen molar-refractivity contribution in [3.05, 3.63) is 12.2 Å². The molecule has 20 heavy (non-hydrogen) atoms. The zero-order valence-corrected chi connectivity index (χ0v) is 11.4. The molecule has 0 radical (unpaired) electrons. The first-order valence-electron chi connectivity index (χ1n) is 6.72. The molecular weight excluding hydrogens is 262 g/mol. The second-order valence-electron chi connectivity index (χ2n) is 5.00. The van der Waals surface area contributed by atoms with Gasteiger partial charge in [-0.25, -0.2) is 9.78 Å². The topological polar surface area (TPSA) is 111 Å². The van der Waals surface area contributed by atoms with Gasteiger partial charge in [-0.2, -0.15) is 5.10 Å². The van der Waals surface area contributed by atoms with E-state index in [0.717, 1.165) is 25.7 Å². The van der Waals surface area contributed by atoms with Gasteiger partial charge in [-0.05, 0) is 19.8 Å². The van der Waals surface area contributed by atoms with Crippen molar-refractivity contribution in [1.82, 2.24) is 25.4 Å². The van der Waals surface area contributed by atoms with Crippen LogP contribution in [0.1, 0.15) is 44.5 Å². The monoisotopic (exact) mass is 281 g/mol. The summed E-state index contributed by atoms with van der Waals surface area (Å²) in [4.78, 5) is 28.6. The molecule has 2 amide bonds. The van der Waals surface area contributed by atoms with Crippen LogP contribution in [0.5, 0.6) is 0 Å². The van der Waals surface area contributed by atoms with Gasteiger partial charge in [0.1, 0.15) is 18.7 Å². The summed E-state index contributed by atoms with van der Waals surface area (Å²) in [6, 6.07) is -0.709. The quantitative estimate of drug-likeness (QED) is 0.742. The van der Waals surface area contributed by atoms with Crippen LogP contribution >= 0.6 is 0 Å². The van der Waals surface area contributed by atoms with E-state index in [1.165, 1.54) is 11.2 Å². The van der Waals surface area contributed by atoms with E-state index in [-0.39, 0.29) is 24.7 Å². The van der Waals surface area contributed by atoms with Crippen molar-refractivity contribution in [1.29, 1.82) is 0 Å². The molecule has 1 aliphatic carbocycles. The molecule has 0 aliphatic heterocycles. The van der Waals surface area contributed by atoms with Gasteiger partial charge in [0, 0.05) is 6.04 Å². The SMILES string of the molecule is CC(NC(=O)N(CC(=O)O)C1CCCC1)c1ncn[nH]1. The van der Waals surface area contributed by atoms with E-state index in [1.807, 2.05) is 0 Å². The minimum Gasteiger partial charge on any atom is -0.480 e. The molecule has 1 heterocycles. The number of hydrogen-bond donors (Lipinski definition) is 3. The van der Waals surface area contributed by atoms with Gasteiger partial charge in [-0.1, -0.05) is 12.8 Å². The molecule has 2 rings (SSSR count). The molecule has 8 heteroatoms. The van der Waals surface area contributed by atoms with Crippen LogP contribution in [-0.2, 0) is 4.79 Å². The van der Waals surface area contributed by atoms with Gasteiger partial charge in [0.2, 0.25) is 0 Å². The molecule has 1 aromatic rings. The third-order valence-electron chi connectivity index (χ3n) is 3.52. The Morgan fingerprint density at radius 1 is 1.55 bits per heavy atom. The molecule has 8 nitrogen and oxygen atoms in total.